The van der Waals surface area contributed by atoms with E-state index in [-0.39, 0.29) is 29.9 Å². The van der Waals surface area contributed by atoms with E-state index in [1.165, 1.54) is 0 Å². The maximum atomic E-state index is 10.8. The fourth-order valence-electron chi connectivity index (χ4n) is 1.86. The molecule has 0 saturated carbocycles. The van der Waals surface area contributed by atoms with Crippen molar-refractivity contribution in [3.05, 3.63) is 33.4 Å². The van der Waals surface area contributed by atoms with E-state index in [0.29, 0.717) is 23.5 Å². The number of hydrogen-bond donors (Lipinski definition) is 2. The van der Waals surface area contributed by atoms with E-state index >= 15 is 0 Å². The standard InChI is InChI=1S/C12H18N2O3.ClH/c1-7(2)6-10(13)9-5-4-8(3)11(12(9)15)14(16)17;/h4-5,7,10,15H,6,13H2,1-3H3;1H/t10-;/m1./s1. The number of aryl methyl sites for hydroxylation is 1. The molecule has 0 radical (unpaired) electrons. The van der Waals surface area contributed by atoms with Gasteiger partial charge in [-0.25, -0.2) is 0 Å². The van der Waals surface area contributed by atoms with Crippen LogP contribution in [0.5, 0.6) is 5.75 Å². The Hall–Kier alpha value is -1.33. The molecule has 0 amide bonds. The Morgan fingerprint density at radius 2 is 2.00 bits per heavy atom. The van der Waals surface area contributed by atoms with Crippen LogP contribution in [0.1, 0.15) is 37.4 Å². The molecule has 6 heteroatoms. The second-order valence-corrected chi connectivity index (χ2v) is 4.66. The molecule has 0 heterocycles. The summed E-state index contributed by atoms with van der Waals surface area (Å²) in [6, 6.07) is 2.90. The van der Waals surface area contributed by atoms with Crippen molar-refractivity contribution >= 4 is 18.1 Å². The van der Waals surface area contributed by atoms with Crippen LogP contribution in [0.25, 0.3) is 0 Å². The van der Waals surface area contributed by atoms with E-state index < -0.39 is 4.92 Å². The molecule has 0 bridgehead atoms. The average molecular weight is 275 g/mol. The Morgan fingerprint density at radius 3 is 2.44 bits per heavy atom. The van der Waals surface area contributed by atoms with Crippen LogP contribution in [-0.2, 0) is 0 Å². The first-order chi connectivity index (χ1) is 7.84. The summed E-state index contributed by atoms with van der Waals surface area (Å²) in [5.41, 5.74) is 6.56. The van der Waals surface area contributed by atoms with Gasteiger partial charge in [-0.1, -0.05) is 26.0 Å². The van der Waals surface area contributed by atoms with E-state index in [9.17, 15) is 15.2 Å². The third-order valence-electron chi connectivity index (χ3n) is 2.69. The second kappa shape index (κ2) is 6.56. The molecule has 0 aliphatic rings. The monoisotopic (exact) mass is 274 g/mol. The number of nitro groups is 1. The Bertz CT molecular complexity index is 436. The maximum absolute atomic E-state index is 10.8. The number of nitro benzene ring substituents is 1. The molecule has 0 saturated heterocycles. The van der Waals surface area contributed by atoms with E-state index in [0.717, 1.165) is 0 Å². The van der Waals surface area contributed by atoms with E-state index in [1.807, 2.05) is 13.8 Å². The Morgan fingerprint density at radius 1 is 1.44 bits per heavy atom. The summed E-state index contributed by atoms with van der Waals surface area (Å²) in [5.74, 6) is 0.0629. The number of phenols is 1. The summed E-state index contributed by atoms with van der Waals surface area (Å²) in [6.45, 7) is 5.62. The SMILES string of the molecule is Cc1ccc([C@H](N)CC(C)C)c(O)c1[N+](=O)[O-].Cl. The lowest BCUT2D eigenvalue weighted by molar-refractivity contribution is -0.386. The molecule has 1 rings (SSSR count). The van der Waals surface area contributed by atoms with E-state index in [2.05, 4.69) is 0 Å². The first-order valence-electron chi connectivity index (χ1n) is 5.57. The number of rotatable bonds is 4. The largest absolute Gasteiger partial charge is 0.502 e. The van der Waals surface area contributed by atoms with Gasteiger partial charge in [0.2, 0.25) is 0 Å². The van der Waals surface area contributed by atoms with Crippen molar-refractivity contribution in [1.82, 2.24) is 0 Å². The van der Waals surface area contributed by atoms with Gasteiger partial charge in [0.05, 0.1) is 4.92 Å². The van der Waals surface area contributed by atoms with Gasteiger partial charge in [0.1, 0.15) is 0 Å². The van der Waals surface area contributed by atoms with E-state index in [4.69, 9.17) is 5.73 Å². The van der Waals surface area contributed by atoms with Gasteiger partial charge in [-0.2, -0.15) is 0 Å². The smallest absolute Gasteiger partial charge is 0.313 e. The lowest BCUT2D eigenvalue weighted by atomic mass is 9.95. The van der Waals surface area contributed by atoms with E-state index in [1.54, 1.807) is 19.1 Å². The third kappa shape index (κ3) is 3.58. The summed E-state index contributed by atoms with van der Waals surface area (Å²) in [6.07, 6.45) is 0.674. The van der Waals surface area contributed by atoms with Crippen LogP contribution >= 0.6 is 12.4 Å². The number of nitrogens with zero attached hydrogens (tertiary/aromatic N) is 1. The number of benzene rings is 1. The molecule has 0 aliphatic heterocycles. The first-order valence-corrected chi connectivity index (χ1v) is 5.57. The van der Waals surface area contributed by atoms with Crippen LogP contribution in [0.2, 0.25) is 0 Å². The Labute approximate surface area is 113 Å². The van der Waals surface area contributed by atoms with Crippen molar-refractivity contribution in [3.8, 4) is 5.75 Å². The zero-order valence-electron chi connectivity index (χ0n) is 10.7. The summed E-state index contributed by atoms with van der Waals surface area (Å²) in [4.78, 5) is 10.3. The van der Waals surface area contributed by atoms with Crippen LogP contribution in [0, 0.1) is 23.0 Å². The van der Waals surface area contributed by atoms with Gasteiger partial charge >= 0.3 is 5.69 Å². The third-order valence-corrected chi connectivity index (χ3v) is 2.69. The van der Waals surface area contributed by atoms with Crippen LogP contribution in [0.4, 0.5) is 5.69 Å². The molecular weight excluding hydrogens is 256 g/mol. The summed E-state index contributed by atoms with van der Waals surface area (Å²) in [7, 11) is 0. The highest BCUT2D eigenvalue weighted by molar-refractivity contribution is 5.85. The number of phenolic OH excluding ortho intramolecular Hbond substituents is 1. The molecule has 5 nitrogen and oxygen atoms in total. The second-order valence-electron chi connectivity index (χ2n) is 4.66. The minimum Gasteiger partial charge on any atom is -0.502 e. The summed E-state index contributed by atoms with van der Waals surface area (Å²) >= 11 is 0. The molecule has 1 aromatic carbocycles. The number of halogens is 1. The number of aromatic hydroxyl groups is 1. The number of nitrogens with two attached hydrogens (primary N) is 1. The average Bonchev–Trinajstić information content (AvgIpc) is 2.15. The lowest BCUT2D eigenvalue weighted by Gasteiger charge is -2.16. The highest BCUT2D eigenvalue weighted by Crippen LogP contribution is 2.37. The van der Waals surface area contributed by atoms with Crippen molar-refractivity contribution < 1.29 is 10.0 Å². The van der Waals surface area contributed by atoms with Crippen LogP contribution in [-0.4, -0.2) is 10.0 Å². The van der Waals surface area contributed by atoms with Crippen molar-refractivity contribution in [3.63, 3.8) is 0 Å². The molecule has 0 spiro atoms. The van der Waals surface area contributed by atoms with Gasteiger partial charge in [-0.05, 0) is 19.3 Å². The van der Waals surface area contributed by atoms with Gasteiger partial charge in [-0.3, -0.25) is 10.1 Å². The van der Waals surface area contributed by atoms with Crippen LogP contribution in [0.3, 0.4) is 0 Å². The molecule has 18 heavy (non-hydrogen) atoms. The quantitative estimate of drug-likeness (QED) is 0.652. The molecule has 0 aliphatic carbocycles. The van der Waals surface area contributed by atoms with Crippen molar-refractivity contribution in [2.75, 3.05) is 0 Å². The molecule has 0 unspecified atom stereocenters. The van der Waals surface area contributed by atoms with Crippen LogP contribution in [0.15, 0.2) is 12.1 Å². The minimum absolute atomic E-state index is 0. The van der Waals surface area contributed by atoms with Crippen molar-refractivity contribution in [2.45, 2.75) is 33.2 Å². The lowest BCUT2D eigenvalue weighted by Crippen LogP contribution is -2.13. The molecule has 102 valence electrons. The molecule has 1 atom stereocenters. The highest BCUT2D eigenvalue weighted by Gasteiger charge is 2.23. The zero-order valence-corrected chi connectivity index (χ0v) is 11.5. The van der Waals surface area contributed by atoms with Gasteiger partial charge < -0.3 is 10.8 Å². The normalized spacial score (nSPS) is 12.1. The highest BCUT2D eigenvalue weighted by atomic mass is 35.5. The maximum Gasteiger partial charge on any atom is 0.313 e. The molecule has 3 N–H and O–H groups in total. The zero-order chi connectivity index (χ0) is 13.2. The molecular formula is C12H19ClN2O3. The minimum atomic E-state index is -0.573. The Kier molecular flexibility index (Phi) is 6.08. The fourth-order valence-corrected chi connectivity index (χ4v) is 1.86. The van der Waals surface area contributed by atoms with Gasteiger partial charge in [-0.15, -0.1) is 12.4 Å². The van der Waals surface area contributed by atoms with Gasteiger partial charge in [0, 0.05) is 17.2 Å². The summed E-state index contributed by atoms with van der Waals surface area (Å²) in [5, 5.41) is 20.7. The predicted octanol–water partition coefficient (Wildman–Crippen LogP) is 3.08. The first kappa shape index (κ1) is 16.7. The van der Waals surface area contributed by atoms with Crippen molar-refractivity contribution in [1.29, 1.82) is 0 Å². The molecule has 0 fully saturated rings. The fraction of sp³-hybridized carbons (Fsp3) is 0.500. The van der Waals surface area contributed by atoms with Crippen molar-refractivity contribution in [2.24, 2.45) is 11.7 Å². The predicted molar refractivity (Wildman–Crippen MR) is 73.1 cm³/mol. The molecule has 1 aromatic rings. The molecule has 0 aromatic heterocycles. The number of hydrogen-bond acceptors (Lipinski definition) is 4. The topological polar surface area (TPSA) is 89.4 Å². The van der Waals surface area contributed by atoms with Gasteiger partial charge in [0.25, 0.3) is 0 Å². The van der Waals surface area contributed by atoms with Gasteiger partial charge in [0.15, 0.2) is 5.75 Å². The Balaban J connectivity index is 0.00000289. The van der Waals surface area contributed by atoms with Crippen LogP contribution < -0.4 is 5.73 Å². The summed E-state index contributed by atoms with van der Waals surface area (Å²) < 4.78 is 0.